The average Bonchev–Trinajstić information content (AvgIpc) is 1.37. The Morgan fingerprint density at radius 3 is 1.20 bits per heavy atom. The summed E-state index contributed by atoms with van der Waals surface area (Å²) in [6.45, 7) is 0. The molecule has 5 heavy (non-hydrogen) atoms. The van der Waals surface area contributed by atoms with Crippen molar-refractivity contribution in [3.8, 4) is 0 Å². The van der Waals surface area contributed by atoms with E-state index in [1.54, 1.807) is 0 Å². The van der Waals surface area contributed by atoms with Crippen molar-refractivity contribution in [2.24, 2.45) is 0 Å². The molecule has 0 unspecified atom stereocenters. The van der Waals surface area contributed by atoms with Gasteiger partial charge in [-0.05, 0) is 0 Å². The zero-order chi connectivity index (χ0) is 3.41. The molecule has 0 bridgehead atoms. The number of alkyl halides is 2. The molecule has 0 amide bonds. The van der Waals surface area contributed by atoms with Crippen LogP contribution in [-0.4, -0.2) is 11.8 Å². The molecular weight excluding hydrogens is 186 g/mol. The number of hydrogen-bond acceptors (Lipinski definition) is 0. The second-order valence-electron chi connectivity index (χ2n) is 0.378. The van der Waals surface area contributed by atoms with Crippen LogP contribution in [0.2, 0.25) is 0 Å². The molecule has 0 aliphatic carbocycles. The molecule has 0 saturated heterocycles. The monoisotopic (exact) mass is 188 g/mol. The fraction of sp³-hybridized carbons (Fsp3) is 1.00. The summed E-state index contributed by atoms with van der Waals surface area (Å²) in [5, 5.41) is 0. The van der Waals surface area contributed by atoms with E-state index in [-0.39, 0.29) is 26.2 Å². The van der Waals surface area contributed by atoms with Gasteiger partial charge in [0.1, 0.15) is 0 Å². The van der Waals surface area contributed by atoms with E-state index in [9.17, 15) is 0 Å². The average molecular weight is 190 g/mol. The van der Waals surface area contributed by atoms with E-state index in [2.05, 4.69) is 0 Å². The molecule has 0 N–H and O–H groups in total. The van der Waals surface area contributed by atoms with Gasteiger partial charge in [-0.1, -0.05) is 0 Å². The molecule has 0 aromatic carbocycles. The summed E-state index contributed by atoms with van der Waals surface area (Å²) in [7, 11) is 0. The van der Waals surface area contributed by atoms with Crippen molar-refractivity contribution in [3.63, 3.8) is 0 Å². The molecule has 0 radical (unpaired) electrons. The molecule has 0 heterocycles. The minimum Gasteiger partial charge on any atom is -0.125 e. The van der Waals surface area contributed by atoms with Crippen LogP contribution in [-0.2, 0) is 26.2 Å². The summed E-state index contributed by atoms with van der Waals surface area (Å²) >= 11 is 10.1. The molecule has 0 aliphatic heterocycles. The standard InChI is InChI=1S/C2H4Cl2.Zr/c3-1-2-4;/h1-2H2;. The Labute approximate surface area is 61.0 Å². The molecule has 30 valence electrons. The predicted octanol–water partition coefficient (Wildman–Crippen LogP) is 1.46. The Balaban J connectivity index is 0. The number of halogens is 2. The Hall–Kier alpha value is 1.46. The first-order chi connectivity index (χ1) is 1.91. The van der Waals surface area contributed by atoms with Crippen LogP contribution in [0.5, 0.6) is 0 Å². The van der Waals surface area contributed by atoms with Crippen molar-refractivity contribution < 1.29 is 26.2 Å². The second kappa shape index (κ2) is 9.07. The fourth-order valence-corrected chi connectivity index (χ4v) is 0. The quantitative estimate of drug-likeness (QED) is 0.549. The molecule has 0 aromatic rings. The van der Waals surface area contributed by atoms with Crippen LogP contribution < -0.4 is 0 Å². The van der Waals surface area contributed by atoms with Crippen molar-refractivity contribution in [2.75, 3.05) is 11.8 Å². The molecule has 0 nitrogen and oxygen atoms in total. The normalized spacial score (nSPS) is 6.00. The number of rotatable bonds is 1. The first kappa shape index (κ1) is 9.68. The van der Waals surface area contributed by atoms with Gasteiger partial charge in [0, 0.05) is 38.0 Å². The van der Waals surface area contributed by atoms with Crippen LogP contribution in [0.3, 0.4) is 0 Å². The molecule has 0 spiro atoms. The molecule has 0 fully saturated rings. The Morgan fingerprint density at radius 1 is 1.00 bits per heavy atom. The van der Waals surface area contributed by atoms with Crippen LogP contribution in [0, 0.1) is 0 Å². The van der Waals surface area contributed by atoms with Crippen LogP contribution >= 0.6 is 23.2 Å². The van der Waals surface area contributed by atoms with Crippen molar-refractivity contribution in [3.05, 3.63) is 0 Å². The van der Waals surface area contributed by atoms with Gasteiger partial charge < -0.3 is 0 Å². The molecule has 0 atom stereocenters. The zero-order valence-electron chi connectivity index (χ0n) is 2.67. The van der Waals surface area contributed by atoms with E-state index in [0.717, 1.165) is 0 Å². The van der Waals surface area contributed by atoms with Crippen LogP contribution in [0.1, 0.15) is 0 Å². The van der Waals surface area contributed by atoms with Crippen LogP contribution in [0.4, 0.5) is 0 Å². The third-order valence-electron chi connectivity index (χ3n) is 0.0714. The van der Waals surface area contributed by atoms with Gasteiger partial charge in [-0.15, -0.1) is 23.2 Å². The van der Waals surface area contributed by atoms with E-state index < -0.39 is 0 Å². The third-order valence-corrected chi connectivity index (χ3v) is 0.643. The maximum Gasteiger partial charge on any atom is 0.0359 e. The summed E-state index contributed by atoms with van der Waals surface area (Å²) in [5.74, 6) is 1.11. The van der Waals surface area contributed by atoms with Gasteiger partial charge >= 0.3 is 0 Å². The molecule has 3 heteroatoms. The molecular formula is C2H4Cl2Zr. The summed E-state index contributed by atoms with van der Waals surface area (Å²) in [5.41, 5.74) is 0. The van der Waals surface area contributed by atoms with E-state index in [1.165, 1.54) is 0 Å². The summed E-state index contributed by atoms with van der Waals surface area (Å²) in [4.78, 5) is 0. The van der Waals surface area contributed by atoms with Crippen LogP contribution in [0.25, 0.3) is 0 Å². The summed E-state index contributed by atoms with van der Waals surface area (Å²) < 4.78 is 0. The first-order valence-electron chi connectivity index (χ1n) is 1.03. The van der Waals surface area contributed by atoms with Gasteiger partial charge in [-0.3, -0.25) is 0 Å². The van der Waals surface area contributed by atoms with Crippen molar-refractivity contribution in [1.82, 2.24) is 0 Å². The second-order valence-corrected chi connectivity index (χ2v) is 1.13. The van der Waals surface area contributed by atoms with E-state index in [0.29, 0.717) is 11.8 Å². The largest absolute Gasteiger partial charge is 0.125 e. The number of hydrogen-bond donors (Lipinski definition) is 0. The van der Waals surface area contributed by atoms with E-state index in [4.69, 9.17) is 23.2 Å². The summed E-state index contributed by atoms with van der Waals surface area (Å²) in [6.07, 6.45) is 0. The van der Waals surface area contributed by atoms with Crippen molar-refractivity contribution >= 4 is 23.2 Å². The van der Waals surface area contributed by atoms with Crippen molar-refractivity contribution in [2.45, 2.75) is 0 Å². The Morgan fingerprint density at radius 2 is 1.20 bits per heavy atom. The molecule has 0 rings (SSSR count). The maximum absolute atomic E-state index is 5.05. The Bertz CT molecular complexity index is 9.61. The maximum atomic E-state index is 5.05. The smallest absolute Gasteiger partial charge is 0.0359 e. The van der Waals surface area contributed by atoms with Gasteiger partial charge in [-0.2, -0.15) is 0 Å². The first-order valence-corrected chi connectivity index (χ1v) is 2.10. The molecule has 0 aliphatic rings. The van der Waals surface area contributed by atoms with Gasteiger partial charge in [-0.25, -0.2) is 0 Å². The minimum absolute atomic E-state index is 0. The Kier molecular flexibility index (Phi) is 17.6. The predicted molar refractivity (Wildman–Crippen MR) is 21.4 cm³/mol. The molecule has 0 saturated carbocycles. The summed E-state index contributed by atoms with van der Waals surface area (Å²) in [6, 6.07) is 0. The van der Waals surface area contributed by atoms with Gasteiger partial charge in [0.2, 0.25) is 0 Å². The van der Waals surface area contributed by atoms with E-state index >= 15 is 0 Å². The zero-order valence-corrected chi connectivity index (χ0v) is 6.64. The fourth-order valence-electron chi connectivity index (χ4n) is 0. The van der Waals surface area contributed by atoms with Gasteiger partial charge in [0.15, 0.2) is 0 Å². The van der Waals surface area contributed by atoms with Crippen molar-refractivity contribution in [1.29, 1.82) is 0 Å². The molecule has 0 aromatic heterocycles. The minimum atomic E-state index is 0. The van der Waals surface area contributed by atoms with Gasteiger partial charge in [0.05, 0.1) is 0 Å². The SMILES string of the molecule is ClCCCl.[Zr]. The van der Waals surface area contributed by atoms with Gasteiger partial charge in [0.25, 0.3) is 0 Å². The van der Waals surface area contributed by atoms with Crippen LogP contribution in [0.15, 0.2) is 0 Å². The topological polar surface area (TPSA) is 0 Å². The third kappa shape index (κ3) is 10.8. The van der Waals surface area contributed by atoms with E-state index in [1.807, 2.05) is 0 Å².